The van der Waals surface area contributed by atoms with Crippen LogP contribution in [0.25, 0.3) is 21.7 Å². The molecule has 0 amide bonds. The highest BCUT2D eigenvalue weighted by atomic mass is 35.5. The molecule has 20 heavy (non-hydrogen) atoms. The highest BCUT2D eigenvalue weighted by Gasteiger charge is 2.14. The van der Waals surface area contributed by atoms with Gasteiger partial charge >= 0.3 is 0 Å². The van der Waals surface area contributed by atoms with Crippen molar-refractivity contribution >= 4 is 35.6 Å². The number of hydrogen-bond donors (Lipinski definition) is 1. The summed E-state index contributed by atoms with van der Waals surface area (Å²) in [5.74, 6) is 0. The van der Waals surface area contributed by atoms with Crippen molar-refractivity contribution in [2.24, 2.45) is 0 Å². The van der Waals surface area contributed by atoms with E-state index in [0.29, 0.717) is 4.47 Å². The van der Waals surface area contributed by atoms with Crippen LogP contribution in [0, 0.1) is 6.92 Å². The minimum atomic E-state index is 0.562. The number of rotatable bonds is 2. The van der Waals surface area contributed by atoms with Gasteiger partial charge in [-0.3, -0.25) is 0 Å². The van der Waals surface area contributed by atoms with Crippen molar-refractivity contribution in [2.45, 2.75) is 11.8 Å². The Labute approximate surface area is 132 Å². The van der Waals surface area contributed by atoms with Crippen molar-refractivity contribution in [3.8, 4) is 21.7 Å². The molecule has 100 valence electrons. The summed E-state index contributed by atoms with van der Waals surface area (Å²) in [4.78, 5) is 6.56. The zero-order valence-electron chi connectivity index (χ0n) is 10.8. The van der Waals surface area contributed by atoms with E-state index in [0.717, 1.165) is 32.2 Å². The summed E-state index contributed by atoms with van der Waals surface area (Å²) in [7, 11) is 0. The van der Waals surface area contributed by atoms with Crippen molar-refractivity contribution < 1.29 is 0 Å². The van der Waals surface area contributed by atoms with Crippen LogP contribution in [0.4, 0.5) is 0 Å². The Balaban J connectivity index is 2.17. The van der Waals surface area contributed by atoms with Gasteiger partial charge in [-0.2, -0.15) is 0 Å². The summed E-state index contributed by atoms with van der Waals surface area (Å²) in [5.41, 5.74) is 4.29. The van der Waals surface area contributed by atoms with Crippen LogP contribution in [-0.2, 0) is 0 Å². The van der Waals surface area contributed by atoms with E-state index in [1.807, 2.05) is 24.3 Å². The molecule has 3 rings (SSSR count). The molecule has 0 saturated carbocycles. The van der Waals surface area contributed by atoms with Gasteiger partial charge in [-0.15, -0.1) is 24.0 Å². The number of aromatic nitrogens is 1. The average molecular weight is 318 g/mol. The molecule has 0 aliphatic carbocycles. The molecule has 4 heteroatoms. The fourth-order valence-electron chi connectivity index (χ4n) is 2.08. The lowest BCUT2D eigenvalue weighted by atomic mass is 10.1. The van der Waals surface area contributed by atoms with Crippen LogP contribution in [0.1, 0.15) is 5.56 Å². The second-order valence-corrected chi connectivity index (χ2v) is 6.57. The Kier molecular flexibility index (Phi) is 3.83. The summed E-state index contributed by atoms with van der Waals surface area (Å²) in [6, 6.07) is 16.3. The molecule has 1 heterocycles. The first-order valence-electron chi connectivity index (χ1n) is 6.17. The molecule has 0 N–H and O–H groups in total. The van der Waals surface area contributed by atoms with E-state index in [-0.39, 0.29) is 0 Å². The maximum Gasteiger partial charge on any atom is 0.184 e. The summed E-state index contributed by atoms with van der Waals surface area (Å²) < 4.78 is 0.562. The van der Waals surface area contributed by atoms with Crippen LogP contribution in [0.5, 0.6) is 0 Å². The van der Waals surface area contributed by atoms with Crippen molar-refractivity contribution in [1.82, 2.24) is 4.98 Å². The number of halogens is 1. The molecule has 0 fully saturated rings. The molecule has 0 aliphatic heterocycles. The van der Waals surface area contributed by atoms with Gasteiger partial charge in [-0.05, 0) is 30.2 Å². The molecule has 0 aliphatic rings. The molecule has 3 aromatic rings. The standard InChI is InChI=1S/C16H12ClNS2/c1-10-9-12(7-8-13(10)19)15-14(18-16(17)20-15)11-5-3-2-4-6-11/h2-9,19H,1H3. The third-order valence-electron chi connectivity index (χ3n) is 3.11. The Morgan fingerprint density at radius 3 is 2.50 bits per heavy atom. The van der Waals surface area contributed by atoms with E-state index < -0.39 is 0 Å². The SMILES string of the molecule is Cc1cc(-c2sc(Cl)nc2-c2ccccc2)ccc1S. The van der Waals surface area contributed by atoms with E-state index in [2.05, 4.69) is 48.8 Å². The molecule has 0 bridgehead atoms. The molecule has 2 aromatic carbocycles. The summed E-state index contributed by atoms with van der Waals surface area (Å²) >= 11 is 12.1. The zero-order valence-corrected chi connectivity index (χ0v) is 13.3. The highest BCUT2D eigenvalue weighted by Crippen LogP contribution is 2.39. The minimum absolute atomic E-state index is 0.562. The van der Waals surface area contributed by atoms with Gasteiger partial charge in [0.1, 0.15) is 0 Å². The van der Waals surface area contributed by atoms with E-state index >= 15 is 0 Å². The van der Waals surface area contributed by atoms with E-state index in [1.54, 1.807) is 0 Å². The quantitative estimate of drug-likeness (QED) is 0.596. The van der Waals surface area contributed by atoms with E-state index in [1.165, 1.54) is 11.3 Å². The molecular weight excluding hydrogens is 306 g/mol. The first kappa shape index (κ1) is 13.7. The Morgan fingerprint density at radius 2 is 1.80 bits per heavy atom. The van der Waals surface area contributed by atoms with Crippen LogP contribution >= 0.6 is 35.6 Å². The number of thiazole rings is 1. The lowest BCUT2D eigenvalue weighted by Crippen LogP contribution is -1.83. The summed E-state index contributed by atoms with van der Waals surface area (Å²) in [6.45, 7) is 2.05. The maximum absolute atomic E-state index is 6.13. The van der Waals surface area contributed by atoms with E-state index in [4.69, 9.17) is 11.6 Å². The highest BCUT2D eigenvalue weighted by molar-refractivity contribution is 7.80. The third-order valence-corrected chi connectivity index (χ3v) is 4.82. The van der Waals surface area contributed by atoms with Gasteiger partial charge in [-0.25, -0.2) is 4.98 Å². The van der Waals surface area contributed by atoms with Crippen molar-refractivity contribution in [1.29, 1.82) is 0 Å². The van der Waals surface area contributed by atoms with Crippen LogP contribution in [0.15, 0.2) is 53.4 Å². The largest absolute Gasteiger partial charge is 0.224 e. The Bertz CT molecular complexity index is 750. The predicted molar refractivity (Wildman–Crippen MR) is 90.0 cm³/mol. The maximum atomic E-state index is 6.13. The van der Waals surface area contributed by atoms with Crippen molar-refractivity contribution in [3.05, 3.63) is 58.6 Å². The molecule has 1 aromatic heterocycles. The van der Waals surface area contributed by atoms with E-state index in [9.17, 15) is 0 Å². The van der Waals surface area contributed by atoms with Crippen molar-refractivity contribution in [2.75, 3.05) is 0 Å². The van der Waals surface area contributed by atoms with Gasteiger partial charge < -0.3 is 0 Å². The lowest BCUT2D eigenvalue weighted by molar-refractivity contribution is 1.31. The van der Waals surface area contributed by atoms with Gasteiger partial charge in [0, 0.05) is 10.5 Å². The zero-order chi connectivity index (χ0) is 14.1. The Morgan fingerprint density at radius 1 is 1.05 bits per heavy atom. The fraction of sp³-hybridized carbons (Fsp3) is 0.0625. The molecule has 0 unspecified atom stereocenters. The molecule has 0 radical (unpaired) electrons. The summed E-state index contributed by atoms with van der Waals surface area (Å²) in [5, 5.41) is 0. The van der Waals surface area contributed by atoms with Crippen LogP contribution < -0.4 is 0 Å². The first-order valence-corrected chi connectivity index (χ1v) is 7.81. The lowest BCUT2D eigenvalue weighted by Gasteiger charge is -2.05. The molecule has 1 nitrogen and oxygen atoms in total. The Hall–Kier alpha value is -1.29. The number of nitrogens with zero attached hydrogens (tertiary/aromatic N) is 1. The van der Waals surface area contributed by atoms with Gasteiger partial charge in [0.25, 0.3) is 0 Å². The second kappa shape index (κ2) is 5.60. The molecule has 0 spiro atoms. The van der Waals surface area contributed by atoms with Crippen molar-refractivity contribution in [3.63, 3.8) is 0 Å². The number of hydrogen-bond acceptors (Lipinski definition) is 3. The molecular formula is C16H12ClNS2. The predicted octanol–water partition coefficient (Wildman–Crippen LogP) is 5.73. The van der Waals surface area contributed by atoms with Crippen LogP contribution in [-0.4, -0.2) is 4.98 Å². The smallest absolute Gasteiger partial charge is 0.184 e. The van der Waals surface area contributed by atoms with Gasteiger partial charge in [0.2, 0.25) is 0 Å². The topological polar surface area (TPSA) is 12.9 Å². The molecule has 0 atom stereocenters. The fourth-order valence-corrected chi connectivity index (χ4v) is 3.34. The monoisotopic (exact) mass is 317 g/mol. The third kappa shape index (κ3) is 2.62. The average Bonchev–Trinajstić information content (AvgIpc) is 2.85. The van der Waals surface area contributed by atoms with Crippen LogP contribution in [0.2, 0.25) is 4.47 Å². The first-order chi connectivity index (χ1) is 9.65. The van der Waals surface area contributed by atoms with Crippen LogP contribution in [0.3, 0.4) is 0 Å². The summed E-state index contributed by atoms with van der Waals surface area (Å²) in [6.07, 6.45) is 0. The number of thiol groups is 1. The normalized spacial score (nSPS) is 10.8. The second-order valence-electron chi connectivity index (χ2n) is 4.51. The molecule has 0 saturated heterocycles. The van der Waals surface area contributed by atoms with Gasteiger partial charge in [-0.1, -0.05) is 48.0 Å². The minimum Gasteiger partial charge on any atom is -0.224 e. The van der Waals surface area contributed by atoms with Gasteiger partial charge in [0.05, 0.1) is 10.6 Å². The number of aryl methyl sites for hydroxylation is 1. The van der Waals surface area contributed by atoms with Gasteiger partial charge in [0.15, 0.2) is 4.47 Å². The number of benzene rings is 2.